The van der Waals surface area contributed by atoms with Crippen molar-refractivity contribution >= 4 is 5.78 Å². The first kappa shape index (κ1) is 14.1. The Hall–Kier alpha value is -1.31. The van der Waals surface area contributed by atoms with Crippen molar-refractivity contribution in [1.29, 1.82) is 0 Å². The Bertz CT molecular complexity index is 420. The summed E-state index contributed by atoms with van der Waals surface area (Å²) in [7, 11) is 0. The molecule has 19 heavy (non-hydrogen) atoms. The van der Waals surface area contributed by atoms with Gasteiger partial charge >= 0.3 is 0 Å². The monoisotopic (exact) mass is 268 g/mol. The van der Waals surface area contributed by atoms with Crippen LogP contribution in [-0.4, -0.2) is 52.6 Å². The van der Waals surface area contributed by atoms with E-state index < -0.39 is 37.0 Å². The Balaban J connectivity index is 2.10. The van der Waals surface area contributed by atoms with Gasteiger partial charge in [-0.1, -0.05) is 30.3 Å². The Labute approximate surface area is 110 Å². The van der Waals surface area contributed by atoms with Crippen molar-refractivity contribution in [3.63, 3.8) is 0 Å². The van der Waals surface area contributed by atoms with E-state index in [4.69, 9.17) is 14.6 Å². The van der Waals surface area contributed by atoms with Gasteiger partial charge in [-0.3, -0.25) is 4.79 Å². The van der Waals surface area contributed by atoms with Gasteiger partial charge < -0.3 is 24.8 Å². The number of ketones is 1. The number of Topliss-reactive ketones (excluding diaryl/α,β-unsaturated/α-hetero) is 1. The maximum Gasteiger partial charge on any atom is 0.190 e. The molecule has 1 unspecified atom stereocenters. The average molecular weight is 268 g/mol. The predicted molar refractivity (Wildman–Crippen MR) is 64.1 cm³/mol. The zero-order valence-electron chi connectivity index (χ0n) is 10.2. The molecule has 1 aliphatic heterocycles. The number of aliphatic hydroxyl groups is 3. The third kappa shape index (κ3) is 3.17. The minimum absolute atomic E-state index is 0.209. The summed E-state index contributed by atoms with van der Waals surface area (Å²) in [6, 6.07) is 8.97. The lowest BCUT2D eigenvalue weighted by Gasteiger charge is -2.33. The Kier molecular flexibility index (Phi) is 4.62. The van der Waals surface area contributed by atoms with E-state index in [1.165, 1.54) is 0 Å². The van der Waals surface area contributed by atoms with Crippen LogP contribution in [0.4, 0.5) is 0 Å². The number of hydrogen-bond acceptors (Lipinski definition) is 6. The third-order valence-corrected chi connectivity index (χ3v) is 2.93. The van der Waals surface area contributed by atoms with Gasteiger partial charge in [0.15, 0.2) is 18.2 Å². The van der Waals surface area contributed by atoms with Gasteiger partial charge in [0.25, 0.3) is 0 Å². The van der Waals surface area contributed by atoms with Gasteiger partial charge in [-0.25, -0.2) is 0 Å². The molecule has 0 saturated carbocycles. The molecular formula is C13H16O6. The van der Waals surface area contributed by atoms with Crippen molar-refractivity contribution in [2.75, 3.05) is 13.2 Å². The van der Waals surface area contributed by atoms with Crippen molar-refractivity contribution in [2.24, 2.45) is 0 Å². The van der Waals surface area contributed by atoms with Crippen LogP contribution in [0.3, 0.4) is 0 Å². The first-order valence-electron chi connectivity index (χ1n) is 5.95. The van der Waals surface area contributed by atoms with Crippen LogP contribution in [0.1, 0.15) is 11.9 Å². The molecule has 3 N–H and O–H groups in total. The second-order valence-corrected chi connectivity index (χ2v) is 4.32. The first-order valence-corrected chi connectivity index (χ1v) is 5.95. The Morgan fingerprint density at radius 3 is 2.58 bits per heavy atom. The molecule has 0 spiro atoms. The van der Waals surface area contributed by atoms with Crippen LogP contribution in [0.5, 0.6) is 0 Å². The molecule has 1 heterocycles. The summed E-state index contributed by atoms with van der Waals surface area (Å²) in [5.74, 6) is -0.466. The number of benzene rings is 1. The lowest BCUT2D eigenvalue weighted by atomic mass is 10.0. The van der Waals surface area contributed by atoms with Crippen molar-refractivity contribution in [2.45, 2.75) is 24.6 Å². The predicted octanol–water partition coefficient (Wildman–Crippen LogP) is -0.616. The summed E-state index contributed by atoms with van der Waals surface area (Å²) in [5, 5.41) is 27.9. The largest absolute Gasteiger partial charge is 0.394 e. The molecule has 4 atom stereocenters. The number of carbonyl (C=O) groups is 1. The van der Waals surface area contributed by atoms with Crippen molar-refractivity contribution < 1.29 is 29.6 Å². The van der Waals surface area contributed by atoms with E-state index in [-0.39, 0.29) is 6.61 Å². The van der Waals surface area contributed by atoms with Crippen molar-refractivity contribution in [1.82, 2.24) is 0 Å². The van der Waals surface area contributed by atoms with Crippen LogP contribution < -0.4 is 0 Å². The van der Waals surface area contributed by atoms with E-state index in [1.807, 2.05) is 6.07 Å². The number of rotatable bonds is 4. The zero-order chi connectivity index (χ0) is 13.8. The van der Waals surface area contributed by atoms with Crippen LogP contribution >= 0.6 is 0 Å². The molecule has 0 aliphatic carbocycles. The highest BCUT2D eigenvalue weighted by atomic mass is 16.7. The molecule has 0 radical (unpaired) electrons. The summed E-state index contributed by atoms with van der Waals surface area (Å²) >= 11 is 0. The summed E-state index contributed by atoms with van der Waals surface area (Å²) in [5.41, 5.74) is 0.714. The molecule has 6 nitrogen and oxygen atoms in total. The van der Waals surface area contributed by atoms with Crippen molar-refractivity contribution in [3.8, 4) is 0 Å². The maximum absolute atomic E-state index is 11.6. The first-order chi connectivity index (χ1) is 9.13. The van der Waals surface area contributed by atoms with E-state index in [9.17, 15) is 15.0 Å². The van der Waals surface area contributed by atoms with Crippen LogP contribution in [0.2, 0.25) is 0 Å². The van der Waals surface area contributed by atoms with Crippen molar-refractivity contribution in [3.05, 3.63) is 35.9 Å². The van der Waals surface area contributed by atoms with Gasteiger partial charge in [0.2, 0.25) is 0 Å². The fraction of sp³-hybridized carbons (Fsp3) is 0.462. The summed E-state index contributed by atoms with van der Waals surface area (Å²) in [6.07, 6.45) is -4.89. The van der Waals surface area contributed by atoms with Crippen LogP contribution in [0.15, 0.2) is 30.3 Å². The lowest BCUT2D eigenvalue weighted by Crippen LogP contribution is -2.50. The molecule has 1 saturated heterocycles. The summed E-state index contributed by atoms with van der Waals surface area (Å²) < 4.78 is 10.6. The molecule has 1 aromatic carbocycles. The molecule has 104 valence electrons. The molecule has 2 rings (SSSR count). The maximum atomic E-state index is 11.6. The van der Waals surface area contributed by atoms with Crippen LogP contribution in [0, 0.1) is 0 Å². The number of aliphatic hydroxyl groups excluding tert-OH is 3. The second kappa shape index (κ2) is 6.23. The molecule has 1 aromatic rings. The van der Waals surface area contributed by atoms with E-state index >= 15 is 0 Å². The average Bonchev–Trinajstić information content (AvgIpc) is 2.47. The Morgan fingerprint density at radius 1 is 1.26 bits per heavy atom. The summed E-state index contributed by atoms with van der Waals surface area (Å²) in [4.78, 5) is 11.6. The Morgan fingerprint density at radius 2 is 1.95 bits per heavy atom. The molecule has 0 aromatic heterocycles. The third-order valence-electron chi connectivity index (χ3n) is 2.93. The van der Waals surface area contributed by atoms with E-state index in [1.54, 1.807) is 24.3 Å². The van der Waals surface area contributed by atoms with Gasteiger partial charge in [0, 0.05) is 5.56 Å². The standard InChI is InChI=1S/C13H16O6/c14-6-9(15)11(17)12-10(16)7-18-13(19-12)8-4-2-1-3-5-8/h1-5,9,11-15,17H,6-7H2/t9-,11+,12+,13?/m1/s1. The fourth-order valence-corrected chi connectivity index (χ4v) is 1.85. The smallest absolute Gasteiger partial charge is 0.190 e. The number of hydrogen-bond donors (Lipinski definition) is 3. The minimum Gasteiger partial charge on any atom is -0.394 e. The number of ether oxygens (including phenoxy) is 2. The molecule has 1 aliphatic rings. The highest BCUT2D eigenvalue weighted by Crippen LogP contribution is 2.26. The van der Waals surface area contributed by atoms with Gasteiger partial charge in [-0.15, -0.1) is 0 Å². The minimum atomic E-state index is -1.48. The highest BCUT2D eigenvalue weighted by Gasteiger charge is 2.38. The van der Waals surface area contributed by atoms with E-state index in [0.29, 0.717) is 5.56 Å². The second-order valence-electron chi connectivity index (χ2n) is 4.32. The lowest BCUT2D eigenvalue weighted by molar-refractivity contribution is -0.235. The van der Waals surface area contributed by atoms with E-state index in [0.717, 1.165) is 0 Å². The quantitative estimate of drug-likeness (QED) is 0.674. The molecule has 1 fully saturated rings. The summed E-state index contributed by atoms with van der Waals surface area (Å²) in [6.45, 7) is -0.857. The zero-order valence-corrected chi connectivity index (χ0v) is 10.2. The SMILES string of the molecule is O=C1COC(c2ccccc2)O[C@@H]1[C@@H](O)[C@H](O)CO. The highest BCUT2D eigenvalue weighted by molar-refractivity contribution is 5.85. The molecule has 6 heteroatoms. The van der Waals surface area contributed by atoms with E-state index in [2.05, 4.69) is 0 Å². The van der Waals surface area contributed by atoms with Crippen LogP contribution in [-0.2, 0) is 14.3 Å². The van der Waals surface area contributed by atoms with Gasteiger partial charge in [-0.2, -0.15) is 0 Å². The number of carbonyl (C=O) groups excluding carboxylic acids is 1. The fourth-order valence-electron chi connectivity index (χ4n) is 1.85. The van der Waals surface area contributed by atoms with Crippen LogP contribution in [0.25, 0.3) is 0 Å². The topological polar surface area (TPSA) is 96.2 Å². The molecule has 0 bridgehead atoms. The normalized spacial score (nSPS) is 27.0. The molecular weight excluding hydrogens is 252 g/mol. The van der Waals surface area contributed by atoms with Gasteiger partial charge in [-0.05, 0) is 0 Å². The van der Waals surface area contributed by atoms with Gasteiger partial charge in [0.05, 0.1) is 6.61 Å². The molecule has 0 amide bonds. The van der Waals surface area contributed by atoms with Gasteiger partial charge in [0.1, 0.15) is 18.8 Å².